The van der Waals surface area contributed by atoms with Crippen LogP contribution in [-0.2, 0) is 9.53 Å². The highest BCUT2D eigenvalue weighted by atomic mass is 16.5. The molecule has 0 atom stereocenters. The van der Waals surface area contributed by atoms with Crippen LogP contribution < -0.4 is 10.1 Å². The van der Waals surface area contributed by atoms with Crippen LogP contribution in [0.2, 0.25) is 0 Å². The number of nitrogens with one attached hydrogen (secondary N) is 1. The summed E-state index contributed by atoms with van der Waals surface area (Å²) >= 11 is 0. The SMILES string of the molecule is CCOC(=O)c1ccc(NC(=O)COc2cc(C)cc(C)c2C)c(C)c1. The molecule has 5 nitrogen and oxygen atoms in total. The molecule has 0 spiro atoms. The lowest BCUT2D eigenvalue weighted by Crippen LogP contribution is -2.21. The summed E-state index contributed by atoms with van der Waals surface area (Å²) in [4.78, 5) is 24.0. The molecule has 26 heavy (non-hydrogen) atoms. The van der Waals surface area contributed by atoms with E-state index >= 15 is 0 Å². The van der Waals surface area contributed by atoms with Gasteiger partial charge in [-0.25, -0.2) is 4.79 Å². The smallest absolute Gasteiger partial charge is 0.338 e. The van der Waals surface area contributed by atoms with Gasteiger partial charge in [0.05, 0.1) is 12.2 Å². The molecule has 2 aromatic carbocycles. The van der Waals surface area contributed by atoms with Gasteiger partial charge >= 0.3 is 5.97 Å². The summed E-state index contributed by atoms with van der Waals surface area (Å²) < 4.78 is 10.7. The van der Waals surface area contributed by atoms with Crippen LogP contribution in [0.5, 0.6) is 5.75 Å². The van der Waals surface area contributed by atoms with Gasteiger partial charge in [0.25, 0.3) is 5.91 Å². The maximum absolute atomic E-state index is 12.2. The number of hydrogen-bond acceptors (Lipinski definition) is 4. The second kappa shape index (κ2) is 8.52. The average Bonchev–Trinajstić information content (AvgIpc) is 2.58. The van der Waals surface area contributed by atoms with Crippen LogP contribution in [0.15, 0.2) is 30.3 Å². The lowest BCUT2D eigenvalue weighted by atomic mass is 10.1. The Balaban J connectivity index is 2.01. The van der Waals surface area contributed by atoms with Gasteiger partial charge in [-0.15, -0.1) is 0 Å². The van der Waals surface area contributed by atoms with Gasteiger partial charge in [-0.1, -0.05) is 6.07 Å². The third kappa shape index (κ3) is 4.85. The molecule has 0 heterocycles. The van der Waals surface area contributed by atoms with Gasteiger partial charge in [-0.3, -0.25) is 4.79 Å². The maximum Gasteiger partial charge on any atom is 0.338 e. The van der Waals surface area contributed by atoms with E-state index < -0.39 is 0 Å². The highest BCUT2D eigenvalue weighted by molar-refractivity contribution is 5.94. The minimum absolute atomic E-state index is 0.0806. The van der Waals surface area contributed by atoms with E-state index in [1.807, 2.05) is 33.8 Å². The predicted octanol–water partition coefficient (Wildman–Crippen LogP) is 4.11. The van der Waals surface area contributed by atoms with E-state index in [0.717, 1.165) is 22.3 Å². The molecule has 0 fully saturated rings. The van der Waals surface area contributed by atoms with Crippen LogP contribution in [-0.4, -0.2) is 25.1 Å². The van der Waals surface area contributed by atoms with Crippen molar-refractivity contribution in [3.8, 4) is 5.75 Å². The van der Waals surface area contributed by atoms with Crippen LogP contribution in [0.4, 0.5) is 5.69 Å². The summed E-state index contributed by atoms with van der Waals surface area (Å²) in [5.74, 6) is 0.0877. The van der Waals surface area contributed by atoms with Crippen LogP contribution in [0.25, 0.3) is 0 Å². The van der Waals surface area contributed by atoms with Gasteiger partial charge in [-0.2, -0.15) is 0 Å². The summed E-state index contributed by atoms with van der Waals surface area (Å²) in [5, 5.41) is 2.81. The Morgan fingerprint density at radius 3 is 2.38 bits per heavy atom. The largest absolute Gasteiger partial charge is 0.483 e. The van der Waals surface area contributed by atoms with Crippen molar-refractivity contribution in [2.24, 2.45) is 0 Å². The standard InChI is InChI=1S/C21H25NO4/c1-6-25-21(24)17-7-8-18(15(4)11-17)22-20(23)12-26-19-10-13(2)9-14(3)16(19)5/h7-11H,6,12H2,1-5H3,(H,22,23). The van der Waals surface area contributed by atoms with E-state index in [4.69, 9.17) is 9.47 Å². The molecular formula is C21H25NO4. The molecule has 1 amide bonds. The minimum Gasteiger partial charge on any atom is -0.483 e. The first-order chi connectivity index (χ1) is 12.3. The zero-order chi connectivity index (χ0) is 19.3. The van der Waals surface area contributed by atoms with Crippen LogP contribution in [0.1, 0.15) is 39.5 Å². The molecule has 2 aromatic rings. The maximum atomic E-state index is 12.2. The molecule has 0 aromatic heterocycles. The molecule has 138 valence electrons. The zero-order valence-electron chi connectivity index (χ0n) is 15.9. The van der Waals surface area contributed by atoms with Crippen molar-refractivity contribution >= 4 is 17.6 Å². The molecule has 0 bridgehead atoms. The van der Waals surface area contributed by atoms with E-state index in [-0.39, 0.29) is 18.5 Å². The van der Waals surface area contributed by atoms with E-state index in [1.165, 1.54) is 0 Å². The third-order valence-corrected chi connectivity index (χ3v) is 4.13. The van der Waals surface area contributed by atoms with Crippen molar-refractivity contribution in [2.75, 3.05) is 18.5 Å². The number of anilines is 1. The fraction of sp³-hybridized carbons (Fsp3) is 0.333. The monoisotopic (exact) mass is 355 g/mol. The van der Waals surface area contributed by atoms with Gasteiger partial charge in [0.2, 0.25) is 0 Å². The van der Waals surface area contributed by atoms with E-state index in [0.29, 0.717) is 23.6 Å². The van der Waals surface area contributed by atoms with E-state index in [2.05, 4.69) is 11.4 Å². The van der Waals surface area contributed by atoms with Crippen molar-refractivity contribution in [1.82, 2.24) is 0 Å². The number of carbonyl (C=O) groups is 2. The lowest BCUT2D eigenvalue weighted by Gasteiger charge is -2.13. The number of aryl methyl sites for hydroxylation is 3. The molecule has 5 heteroatoms. The Hall–Kier alpha value is -2.82. The second-order valence-corrected chi connectivity index (χ2v) is 6.29. The van der Waals surface area contributed by atoms with Crippen molar-refractivity contribution in [1.29, 1.82) is 0 Å². The highest BCUT2D eigenvalue weighted by Crippen LogP contribution is 2.23. The van der Waals surface area contributed by atoms with Crippen molar-refractivity contribution < 1.29 is 19.1 Å². The minimum atomic E-state index is -0.373. The topological polar surface area (TPSA) is 64.6 Å². The molecule has 1 N–H and O–H groups in total. The molecule has 0 aliphatic carbocycles. The van der Waals surface area contributed by atoms with Gasteiger partial charge in [0.1, 0.15) is 5.75 Å². The Morgan fingerprint density at radius 1 is 1.00 bits per heavy atom. The summed E-state index contributed by atoms with van der Waals surface area (Å²) in [7, 11) is 0. The summed E-state index contributed by atoms with van der Waals surface area (Å²) in [6.45, 7) is 9.82. The highest BCUT2D eigenvalue weighted by Gasteiger charge is 2.11. The Morgan fingerprint density at radius 2 is 1.73 bits per heavy atom. The number of benzene rings is 2. The first-order valence-electron chi connectivity index (χ1n) is 8.60. The molecular weight excluding hydrogens is 330 g/mol. The number of esters is 1. The van der Waals surface area contributed by atoms with Crippen LogP contribution in [0.3, 0.4) is 0 Å². The third-order valence-electron chi connectivity index (χ3n) is 4.13. The first kappa shape index (κ1) is 19.5. The van der Waals surface area contributed by atoms with Crippen molar-refractivity contribution in [2.45, 2.75) is 34.6 Å². The lowest BCUT2D eigenvalue weighted by molar-refractivity contribution is -0.118. The van der Waals surface area contributed by atoms with Crippen molar-refractivity contribution in [3.05, 3.63) is 58.1 Å². The molecule has 0 unspecified atom stereocenters. The van der Waals surface area contributed by atoms with E-state index in [1.54, 1.807) is 25.1 Å². The second-order valence-electron chi connectivity index (χ2n) is 6.29. The molecule has 0 saturated heterocycles. The van der Waals surface area contributed by atoms with Gasteiger partial charge in [0, 0.05) is 5.69 Å². The van der Waals surface area contributed by atoms with Crippen LogP contribution in [0, 0.1) is 27.7 Å². The van der Waals surface area contributed by atoms with Gasteiger partial charge in [0.15, 0.2) is 6.61 Å². The number of ether oxygens (including phenoxy) is 2. The average molecular weight is 355 g/mol. The van der Waals surface area contributed by atoms with Crippen molar-refractivity contribution in [3.63, 3.8) is 0 Å². The molecule has 0 aliphatic rings. The fourth-order valence-corrected chi connectivity index (χ4v) is 2.63. The quantitative estimate of drug-likeness (QED) is 0.792. The molecule has 0 aliphatic heterocycles. The number of carbonyl (C=O) groups excluding carboxylic acids is 2. The fourth-order valence-electron chi connectivity index (χ4n) is 2.63. The molecule has 2 rings (SSSR count). The Kier molecular flexibility index (Phi) is 6.39. The van der Waals surface area contributed by atoms with Crippen LogP contribution >= 0.6 is 0 Å². The molecule has 0 radical (unpaired) electrons. The Labute approximate surface area is 154 Å². The Bertz CT molecular complexity index is 827. The van der Waals surface area contributed by atoms with E-state index in [9.17, 15) is 9.59 Å². The van der Waals surface area contributed by atoms with Gasteiger partial charge < -0.3 is 14.8 Å². The zero-order valence-corrected chi connectivity index (χ0v) is 15.9. The summed E-state index contributed by atoms with van der Waals surface area (Å²) in [6.07, 6.45) is 0. The number of hydrogen-bond donors (Lipinski definition) is 1. The first-order valence-corrected chi connectivity index (χ1v) is 8.60. The normalized spacial score (nSPS) is 10.3. The number of rotatable bonds is 6. The summed E-state index contributed by atoms with van der Waals surface area (Å²) in [5.41, 5.74) is 5.14. The number of amides is 1. The predicted molar refractivity (Wildman–Crippen MR) is 102 cm³/mol. The van der Waals surface area contributed by atoms with Gasteiger partial charge in [-0.05, 0) is 81.1 Å². The summed E-state index contributed by atoms with van der Waals surface area (Å²) in [6, 6.07) is 9.03. The molecule has 0 saturated carbocycles.